The first kappa shape index (κ1) is 10.3. The molecule has 0 radical (unpaired) electrons. The predicted octanol–water partition coefficient (Wildman–Crippen LogP) is 4.22. The number of benzene rings is 1. The van der Waals surface area contributed by atoms with Crippen molar-refractivity contribution in [2.75, 3.05) is 6.26 Å². The maximum atomic E-state index is 9.72. The van der Waals surface area contributed by atoms with Gasteiger partial charge in [-0.1, -0.05) is 15.9 Å². The van der Waals surface area contributed by atoms with Crippen molar-refractivity contribution in [3.63, 3.8) is 0 Å². The molecule has 0 saturated carbocycles. The Bertz CT molecular complexity index is 464. The van der Waals surface area contributed by atoms with E-state index < -0.39 is 0 Å². The van der Waals surface area contributed by atoms with Crippen LogP contribution in [0.25, 0.3) is 10.1 Å². The van der Waals surface area contributed by atoms with Crippen molar-refractivity contribution in [2.45, 2.75) is 10.2 Å². The van der Waals surface area contributed by atoms with Gasteiger partial charge in [0.2, 0.25) is 0 Å². The molecule has 14 heavy (non-hydrogen) atoms. The molecule has 0 amide bonds. The van der Waals surface area contributed by atoms with Gasteiger partial charge < -0.3 is 5.11 Å². The summed E-state index contributed by atoms with van der Waals surface area (Å²) in [6.45, 7) is 0. The van der Waals surface area contributed by atoms with E-state index in [0.29, 0.717) is 5.75 Å². The molecule has 0 aliphatic heterocycles. The second-order valence-electron chi connectivity index (χ2n) is 2.87. The molecule has 1 aromatic heterocycles. The van der Waals surface area contributed by atoms with E-state index in [1.807, 2.05) is 0 Å². The number of thioether (sulfide) groups is 1. The molecule has 1 aromatic carbocycles. The van der Waals surface area contributed by atoms with Crippen molar-refractivity contribution >= 4 is 49.1 Å². The Morgan fingerprint density at radius 2 is 2.29 bits per heavy atom. The summed E-state index contributed by atoms with van der Waals surface area (Å²) in [6.07, 6.45) is 2.05. The zero-order valence-corrected chi connectivity index (χ0v) is 10.8. The number of alkyl halides is 1. The van der Waals surface area contributed by atoms with E-state index in [1.165, 1.54) is 10.5 Å². The normalized spacial score (nSPS) is 11.0. The molecule has 0 bridgehead atoms. The number of rotatable bonds is 2. The lowest BCUT2D eigenvalue weighted by molar-refractivity contribution is 0.483. The summed E-state index contributed by atoms with van der Waals surface area (Å²) in [5.41, 5.74) is 1.19. The van der Waals surface area contributed by atoms with E-state index in [9.17, 15) is 5.11 Å². The highest BCUT2D eigenvalue weighted by atomic mass is 79.9. The molecule has 0 aliphatic carbocycles. The minimum absolute atomic E-state index is 0.398. The van der Waals surface area contributed by atoms with Gasteiger partial charge in [-0.25, -0.2) is 0 Å². The number of hydrogen-bond acceptors (Lipinski definition) is 3. The first-order valence-corrected chi connectivity index (χ1v) is 7.32. The molecule has 0 spiro atoms. The largest absolute Gasteiger partial charge is 0.506 e. The molecule has 0 saturated heterocycles. The summed E-state index contributed by atoms with van der Waals surface area (Å²) in [7, 11) is 0. The van der Waals surface area contributed by atoms with E-state index in [4.69, 9.17) is 0 Å². The zero-order valence-electron chi connectivity index (χ0n) is 7.58. The van der Waals surface area contributed by atoms with Gasteiger partial charge in [0.1, 0.15) is 5.75 Å². The third kappa shape index (κ3) is 1.55. The SMILES string of the molecule is CSc1ccc2scc(O)c2c1CBr. The van der Waals surface area contributed by atoms with E-state index in [1.54, 1.807) is 28.5 Å². The Morgan fingerprint density at radius 1 is 1.50 bits per heavy atom. The van der Waals surface area contributed by atoms with E-state index in [2.05, 4.69) is 34.3 Å². The fraction of sp³-hybridized carbons (Fsp3) is 0.200. The Kier molecular flexibility index (Phi) is 3.04. The molecule has 0 aliphatic rings. The van der Waals surface area contributed by atoms with E-state index in [-0.39, 0.29) is 0 Å². The molecule has 0 unspecified atom stereocenters. The highest BCUT2D eigenvalue weighted by molar-refractivity contribution is 9.08. The van der Waals surface area contributed by atoms with Gasteiger partial charge in [-0.2, -0.15) is 0 Å². The number of halogens is 1. The minimum atomic E-state index is 0.398. The van der Waals surface area contributed by atoms with E-state index in [0.717, 1.165) is 15.4 Å². The molecule has 1 nitrogen and oxygen atoms in total. The van der Waals surface area contributed by atoms with Crippen LogP contribution in [-0.4, -0.2) is 11.4 Å². The summed E-state index contributed by atoms with van der Waals surface area (Å²) in [5, 5.41) is 13.3. The van der Waals surface area contributed by atoms with Crippen molar-refractivity contribution in [3.05, 3.63) is 23.1 Å². The summed E-state index contributed by atoms with van der Waals surface area (Å²) in [6, 6.07) is 4.18. The Balaban J connectivity index is 2.81. The van der Waals surface area contributed by atoms with Crippen LogP contribution in [0.5, 0.6) is 5.75 Å². The second kappa shape index (κ2) is 4.13. The molecule has 74 valence electrons. The first-order valence-electron chi connectivity index (χ1n) is 4.10. The molecular formula is C10H9BrOS2. The topological polar surface area (TPSA) is 20.2 Å². The Labute approximate surface area is 99.3 Å². The fourth-order valence-corrected chi connectivity index (χ4v) is 3.73. The molecule has 1 heterocycles. The standard InChI is InChI=1S/C10H9BrOS2/c1-13-8-2-3-9-10(6(8)4-11)7(12)5-14-9/h2-3,5,12H,4H2,1H3. The van der Waals surface area contributed by atoms with Crippen LogP contribution in [0.2, 0.25) is 0 Å². The van der Waals surface area contributed by atoms with Gasteiger partial charge in [-0.05, 0) is 24.0 Å². The highest BCUT2D eigenvalue weighted by Gasteiger charge is 2.11. The Hall–Kier alpha value is -0.190. The summed E-state index contributed by atoms with van der Waals surface area (Å²) >= 11 is 6.76. The molecule has 1 N–H and O–H groups in total. The fourth-order valence-electron chi connectivity index (χ4n) is 1.49. The average molecular weight is 289 g/mol. The lowest BCUT2D eigenvalue weighted by atomic mass is 10.1. The summed E-state index contributed by atoms with van der Waals surface area (Å²) in [4.78, 5) is 1.23. The Morgan fingerprint density at radius 3 is 2.93 bits per heavy atom. The third-order valence-electron chi connectivity index (χ3n) is 2.14. The molecule has 0 atom stereocenters. The molecule has 4 heteroatoms. The zero-order chi connectivity index (χ0) is 10.1. The van der Waals surface area contributed by atoms with Crippen LogP contribution < -0.4 is 0 Å². The van der Waals surface area contributed by atoms with Gasteiger partial charge in [0.25, 0.3) is 0 Å². The maximum Gasteiger partial charge on any atom is 0.134 e. The third-order valence-corrected chi connectivity index (χ3v) is 4.46. The van der Waals surface area contributed by atoms with Crippen LogP contribution in [-0.2, 0) is 5.33 Å². The molecule has 2 aromatic rings. The van der Waals surface area contributed by atoms with Gasteiger partial charge in [0, 0.05) is 25.7 Å². The van der Waals surface area contributed by atoms with Crippen molar-refractivity contribution in [3.8, 4) is 5.75 Å². The highest BCUT2D eigenvalue weighted by Crippen LogP contribution is 2.38. The van der Waals surface area contributed by atoms with Gasteiger partial charge in [-0.3, -0.25) is 0 Å². The van der Waals surface area contributed by atoms with Crippen molar-refractivity contribution < 1.29 is 5.11 Å². The predicted molar refractivity (Wildman–Crippen MR) is 67.9 cm³/mol. The van der Waals surface area contributed by atoms with Gasteiger partial charge in [0.05, 0.1) is 0 Å². The maximum absolute atomic E-state index is 9.72. The van der Waals surface area contributed by atoms with Crippen molar-refractivity contribution in [1.82, 2.24) is 0 Å². The smallest absolute Gasteiger partial charge is 0.134 e. The minimum Gasteiger partial charge on any atom is -0.506 e. The van der Waals surface area contributed by atoms with Crippen molar-refractivity contribution in [2.24, 2.45) is 0 Å². The van der Waals surface area contributed by atoms with Crippen LogP contribution in [0.4, 0.5) is 0 Å². The number of thiophene rings is 1. The lowest BCUT2D eigenvalue weighted by Gasteiger charge is -2.05. The second-order valence-corrected chi connectivity index (χ2v) is 5.19. The van der Waals surface area contributed by atoms with Gasteiger partial charge in [0.15, 0.2) is 0 Å². The molecule has 0 fully saturated rings. The first-order chi connectivity index (χ1) is 6.77. The van der Waals surface area contributed by atoms with Crippen LogP contribution in [0.1, 0.15) is 5.56 Å². The number of aromatic hydroxyl groups is 1. The lowest BCUT2D eigenvalue weighted by Crippen LogP contribution is -1.83. The number of hydrogen-bond donors (Lipinski definition) is 1. The summed E-state index contributed by atoms with van der Waals surface area (Å²) in [5.74, 6) is 0.398. The van der Waals surface area contributed by atoms with Crippen LogP contribution in [0.15, 0.2) is 22.4 Å². The quantitative estimate of drug-likeness (QED) is 0.659. The van der Waals surface area contributed by atoms with Gasteiger partial charge in [-0.15, -0.1) is 23.1 Å². The monoisotopic (exact) mass is 288 g/mol. The van der Waals surface area contributed by atoms with Crippen LogP contribution >= 0.6 is 39.0 Å². The van der Waals surface area contributed by atoms with E-state index >= 15 is 0 Å². The van der Waals surface area contributed by atoms with Gasteiger partial charge >= 0.3 is 0 Å². The molecule has 2 rings (SSSR count). The average Bonchev–Trinajstić information content (AvgIpc) is 2.59. The van der Waals surface area contributed by atoms with Crippen molar-refractivity contribution in [1.29, 1.82) is 0 Å². The van der Waals surface area contributed by atoms with Crippen LogP contribution in [0, 0.1) is 0 Å². The molecular weight excluding hydrogens is 280 g/mol. The summed E-state index contributed by atoms with van der Waals surface area (Å²) < 4.78 is 1.15. The van der Waals surface area contributed by atoms with Crippen LogP contribution in [0.3, 0.4) is 0 Å². The number of fused-ring (bicyclic) bond motifs is 1.